The lowest BCUT2D eigenvalue weighted by molar-refractivity contribution is 0.709. The summed E-state index contributed by atoms with van der Waals surface area (Å²) in [6, 6.07) is 10.6. The van der Waals surface area contributed by atoms with Crippen LogP contribution in [-0.2, 0) is 6.54 Å². The molecule has 0 spiro atoms. The van der Waals surface area contributed by atoms with E-state index in [4.69, 9.17) is 0 Å². The van der Waals surface area contributed by atoms with Crippen molar-refractivity contribution in [2.24, 2.45) is 4.99 Å². The Balaban J connectivity index is 0.00000338. The van der Waals surface area contributed by atoms with Crippen molar-refractivity contribution in [1.29, 1.82) is 0 Å². The van der Waals surface area contributed by atoms with Gasteiger partial charge in [-0.05, 0) is 39.3 Å². The molecule has 0 fully saturated rings. The average molecular weight is 487 g/mol. The van der Waals surface area contributed by atoms with E-state index in [1.165, 1.54) is 10.6 Å². The maximum Gasteiger partial charge on any atom is 0.191 e. The highest BCUT2D eigenvalue weighted by Gasteiger charge is 2.04. The second kappa shape index (κ2) is 12.9. The van der Waals surface area contributed by atoms with Gasteiger partial charge < -0.3 is 15.5 Å². The van der Waals surface area contributed by atoms with Crippen LogP contribution in [0.1, 0.15) is 30.2 Å². The van der Waals surface area contributed by atoms with Gasteiger partial charge in [-0.15, -0.1) is 35.3 Å². The van der Waals surface area contributed by atoms with Gasteiger partial charge in [0.1, 0.15) is 5.01 Å². The van der Waals surface area contributed by atoms with Gasteiger partial charge in [0.2, 0.25) is 0 Å². The third-order valence-corrected chi connectivity index (χ3v) is 4.68. The van der Waals surface area contributed by atoms with Crippen LogP contribution in [0.5, 0.6) is 0 Å². The first-order chi connectivity index (χ1) is 12.2. The van der Waals surface area contributed by atoms with E-state index >= 15 is 0 Å². The normalized spacial score (nSPS) is 11.0. The number of aliphatic imine (C=N–C) groups is 1. The lowest BCUT2D eigenvalue weighted by Gasteiger charge is -2.23. The molecule has 26 heavy (non-hydrogen) atoms. The second-order valence-corrected chi connectivity index (χ2v) is 7.07. The first kappa shape index (κ1) is 22.7. The van der Waals surface area contributed by atoms with Crippen molar-refractivity contribution < 1.29 is 0 Å². The summed E-state index contributed by atoms with van der Waals surface area (Å²) in [6.07, 6.45) is 2.96. The number of rotatable bonds is 9. The van der Waals surface area contributed by atoms with Gasteiger partial charge in [0, 0.05) is 42.9 Å². The predicted octanol–water partition coefficient (Wildman–Crippen LogP) is 4.04. The molecule has 0 amide bonds. The molecule has 0 saturated heterocycles. The van der Waals surface area contributed by atoms with Crippen LogP contribution in [0, 0.1) is 6.92 Å². The Morgan fingerprint density at radius 3 is 2.58 bits per heavy atom. The van der Waals surface area contributed by atoms with Gasteiger partial charge in [0.25, 0.3) is 0 Å². The number of halogens is 1. The molecule has 0 radical (unpaired) electrons. The maximum atomic E-state index is 4.62. The van der Waals surface area contributed by atoms with Gasteiger partial charge in [0.05, 0.1) is 6.54 Å². The fourth-order valence-electron chi connectivity index (χ4n) is 2.55. The third kappa shape index (κ3) is 7.90. The van der Waals surface area contributed by atoms with E-state index in [1.54, 1.807) is 11.3 Å². The molecular formula is C19H30IN5S. The monoisotopic (exact) mass is 487 g/mol. The lowest BCUT2D eigenvalue weighted by Crippen LogP contribution is -2.38. The van der Waals surface area contributed by atoms with Crippen LogP contribution in [0.3, 0.4) is 0 Å². The molecule has 0 aliphatic heterocycles. The molecular weight excluding hydrogens is 457 g/mol. The van der Waals surface area contributed by atoms with Crippen LogP contribution in [0.2, 0.25) is 0 Å². The molecule has 2 rings (SSSR count). The SMILES string of the molecule is CCNC(=NCc1ncc(C)s1)NCCCN(CC)c1ccccc1.I. The van der Waals surface area contributed by atoms with Crippen LogP contribution in [0.15, 0.2) is 41.5 Å². The zero-order valence-corrected chi connectivity index (χ0v) is 19.0. The molecule has 5 nitrogen and oxygen atoms in total. The van der Waals surface area contributed by atoms with Crippen molar-refractivity contribution in [2.45, 2.75) is 33.7 Å². The Morgan fingerprint density at radius 2 is 1.96 bits per heavy atom. The molecule has 2 N–H and O–H groups in total. The Morgan fingerprint density at radius 1 is 1.19 bits per heavy atom. The minimum absolute atomic E-state index is 0. The number of nitrogens with one attached hydrogen (secondary N) is 2. The Kier molecular flexibility index (Phi) is 11.3. The lowest BCUT2D eigenvalue weighted by atomic mass is 10.2. The molecule has 1 aromatic heterocycles. The van der Waals surface area contributed by atoms with Gasteiger partial charge in [0.15, 0.2) is 5.96 Å². The van der Waals surface area contributed by atoms with E-state index in [0.29, 0.717) is 6.54 Å². The number of hydrogen-bond acceptors (Lipinski definition) is 4. The minimum atomic E-state index is 0. The van der Waals surface area contributed by atoms with Crippen molar-refractivity contribution in [3.8, 4) is 0 Å². The molecule has 0 bridgehead atoms. The zero-order chi connectivity index (χ0) is 17.9. The van der Waals surface area contributed by atoms with Gasteiger partial charge in [-0.25, -0.2) is 9.98 Å². The zero-order valence-electron chi connectivity index (χ0n) is 15.9. The first-order valence-electron chi connectivity index (χ1n) is 8.96. The fourth-order valence-corrected chi connectivity index (χ4v) is 3.26. The highest BCUT2D eigenvalue weighted by atomic mass is 127. The van der Waals surface area contributed by atoms with E-state index in [1.807, 2.05) is 6.20 Å². The molecule has 0 aliphatic carbocycles. The number of anilines is 1. The van der Waals surface area contributed by atoms with Crippen molar-refractivity contribution in [2.75, 3.05) is 31.1 Å². The molecule has 0 atom stereocenters. The number of hydrogen-bond donors (Lipinski definition) is 2. The highest BCUT2D eigenvalue weighted by Crippen LogP contribution is 2.13. The summed E-state index contributed by atoms with van der Waals surface area (Å²) in [5.41, 5.74) is 1.28. The maximum absolute atomic E-state index is 4.62. The van der Waals surface area contributed by atoms with E-state index in [0.717, 1.165) is 43.6 Å². The molecule has 0 unspecified atom stereocenters. The van der Waals surface area contributed by atoms with E-state index < -0.39 is 0 Å². The summed E-state index contributed by atoms with van der Waals surface area (Å²) in [6.45, 7) is 10.8. The number of aryl methyl sites for hydroxylation is 1. The molecule has 0 aliphatic rings. The summed E-state index contributed by atoms with van der Waals surface area (Å²) in [4.78, 5) is 12.6. The topological polar surface area (TPSA) is 52.6 Å². The van der Waals surface area contributed by atoms with Crippen molar-refractivity contribution in [3.63, 3.8) is 0 Å². The summed E-state index contributed by atoms with van der Waals surface area (Å²) in [5, 5.41) is 7.77. The molecule has 2 aromatic rings. The van der Waals surface area contributed by atoms with Crippen LogP contribution in [-0.4, -0.2) is 37.1 Å². The Labute approximate surface area is 178 Å². The largest absolute Gasteiger partial charge is 0.372 e. The quantitative estimate of drug-likeness (QED) is 0.243. The standard InChI is InChI=1S/C19H29N5S.HI/c1-4-20-19(23-15-18-22-14-16(3)25-18)21-12-9-13-24(5-2)17-10-7-6-8-11-17;/h6-8,10-11,14H,4-5,9,12-13,15H2,1-3H3,(H2,20,21,23);1H. The van der Waals surface area contributed by atoms with Crippen molar-refractivity contribution >= 4 is 47.0 Å². The Bertz CT molecular complexity index is 644. The summed E-state index contributed by atoms with van der Waals surface area (Å²) in [7, 11) is 0. The van der Waals surface area contributed by atoms with Crippen LogP contribution in [0.4, 0.5) is 5.69 Å². The smallest absolute Gasteiger partial charge is 0.191 e. The van der Waals surface area contributed by atoms with Crippen LogP contribution >= 0.6 is 35.3 Å². The Hall–Kier alpha value is -1.35. The van der Waals surface area contributed by atoms with Crippen molar-refractivity contribution in [3.05, 3.63) is 46.4 Å². The number of thiazole rings is 1. The average Bonchev–Trinajstić information content (AvgIpc) is 3.05. The molecule has 7 heteroatoms. The van der Waals surface area contributed by atoms with Gasteiger partial charge in [-0.1, -0.05) is 18.2 Å². The highest BCUT2D eigenvalue weighted by molar-refractivity contribution is 14.0. The molecule has 0 saturated carbocycles. The number of nitrogens with zero attached hydrogens (tertiary/aromatic N) is 3. The van der Waals surface area contributed by atoms with Crippen LogP contribution in [0.25, 0.3) is 0 Å². The summed E-state index contributed by atoms with van der Waals surface area (Å²) < 4.78 is 0. The summed E-state index contributed by atoms with van der Waals surface area (Å²) >= 11 is 1.70. The van der Waals surface area contributed by atoms with Crippen molar-refractivity contribution in [1.82, 2.24) is 15.6 Å². The fraction of sp³-hybridized carbons (Fsp3) is 0.474. The van der Waals surface area contributed by atoms with Crippen LogP contribution < -0.4 is 15.5 Å². The third-order valence-electron chi connectivity index (χ3n) is 3.79. The molecule has 1 aromatic carbocycles. The second-order valence-electron chi connectivity index (χ2n) is 5.76. The molecule has 1 heterocycles. The van der Waals surface area contributed by atoms with E-state index in [2.05, 4.69) is 76.6 Å². The number of aromatic nitrogens is 1. The van der Waals surface area contributed by atoms with Gasteiger partial charge >= 0.3 is 0 Å². The minimum Gasteiger partial charge on any atom is -0.372 e. The van der Waals surface area contributed by atoms with E-state index in [9.17, 15) is 0 Å². The van der Waals surface area contributed by atoms with E-state index in [-0.39, 0.29) is 24.0 Å². The van der Waals surface area contributed by atoms with Gasteiger partial charge in [-0.2, -0.15) is 0 Å². The predicted molar refractivity (Wildman–Crippen MR) is 124 cm³/mol. The number of guanidine groups is 1. The number of benzene rings is 1. The number of para-hydroxylation sites is 1. The summed E-state index contributed by atoms with van der Waals surface area (Å²) in [5.74, 6) is 0.859. The first-order valence-corrected chi connectivity index (χ1v) is 9.78. The molecule has 144 valence electrons. The van der Waals surface area contributed by atoms with Gasteiger partial charge in [-0.3, -0.25) is 0 Å².